The van der Waals surface area contributed by atoms with Gasteiger partial charge in [0.25, 0.3) is 0 Å². The third-order valence-electron chi connectivity index (χ3n) is 5.29. The van der Waals surface area contributed by atoms with Gasteiger partial charge in [-0.1, -0.05) is 6.92 Å². The Morgan fingerprint density at radius 1 is 1.26 bits per heavy atom. The van der Waals surface area contributed by atoms with Gasteiger partial charge >= 0.3 is 11.8 Å². The Bertz CT molecular complexity index is 1160. The Hall–Kier alpha value is -3.61. The smallest absolute Gasteiger partial charge is 0.506 e. The van der Waals surface area contributed by atoms with Crippen LogP contribution in [-0.4, -0.2) is 61.1 Å². The van der Waals surface area contributed by atoms with Gasteiger partial charge in [0.2, 0.25) is 5.82 Å². The van der Waals surface area contributed by atoms with Gasteiger partial charge in [-0.25, -0.2) is 18.2 Å². The minimum absolute atomic E-state index is 0.0288. The van der Waals surface area contributed by atoms with E-state index in [0.717, 1.165) is 0 Å². The van der Waals surface area contributed by atoms with Crippen molar-refractivity contribution in [2.75, 3.05) is 35.7 Å². The number of nitro groups is 1. The van der Waals surface area contributed by atoms with Crippen molar-refractivity contribution in [2.45, 2.75) is 37.7 Å². The van der Waals surface area contributed by atoms with Gasteiger partial charge in [-0.2, -0.15) is 0 Å². The third-order valence-corrected chi connectivity index (χ3v) is 7.02. The van der Waals surface area contributed by atoms with E-state index in [1.807, 2.05) is 0 Å². The molecule has 1 aliphatic heterocycles. The van der Waals surface area contributed by atoms with Crippen molar-refractivity contribution in [3.8, 4) is 5.75 Å². The number of aromatic nitrogens is 1. The average molecular weight is 495 g/mol. The van der Waals surface area contributed by atoms with E-state index in [1.54, 1.807) is 11.8 Å². The summed E-state index contributed by atoms with van der Waals surface area (Å²) in [6.07, 6.45) is -0.237. The van der Waals surface area contributed by atoms with Crippen molar-refractivity contribution in [2.24, 2.45) is 0 Å². The van der Waals surface area contributed by atoms with Crippen molar-refractivity contribution in [1.29, 1.82) is 0 Å². The fraction of sp³-hybridized carbons (Fsp3) is 0.429. The van der Waals surface area contributed by atoms with Crippen molar-refractivity contribution >= 4 is 39.0 Å². The first-order chi connectivity index (χ1) is 16.1. The lowest BCUT2D eigenvalue weighted by Crippen LogP contribution is -2.38. The van der Waals surface area contributed by atoms with E-state index in [-0.39, 0.29) is 52.1 Å². The Balaban J connectivity index is 1.82. The second-order valence-corrected chi connectivity index (χ2v) is 9.77. The molecule has 1 aromatic heterocycles. The molecule has 1 aliphatic rings. The van der Waals surface area contributed by atoms with Crippen LogP contribution in [0.15, 0.2) is 35.2 Å². The summed E-state index contributed by atoms with van der Waals surface area (Å²) in [6.45, 7) is 4.11. The van der Waals surface area contributed by atoms with Gasteiger partial charge in [-0.05, 0) is 31.2 Å². The minimum Gasteiger partial charge on any atom is -0.506 e. The number of phenolic OH excluding ortho intramolecular Hbond substituents is 1. The first kappa shape index (κ1) is 25.0. The summed E-state index contributed by atoms with van der Waals surface area (Å²) >= 11 is 0. The number of carbonyl (C=O) groups is 1. The van der Waals surface area contributed by atoms with E-state index >= 15 is 0 Å². The number of phenols is 1. The van der Waals surface area contributed by atoms with Gasteiger partial charge < -0.3 is 24.8 Å². The second-order valence-electron chi connectivity index (χ2n) is 7.49. The Kier molecular flexibility index (Phi) is 7.76. The molecule has 0 unspecified atom stereocenters. The van der Waals surface area contributed by atoms with Crippen LogP contribution in [0.25, 0.3) is 0 Å². The predicted molar refractivity (Wildman–Crippen MR) is 123 cm³/mol. The van der Waals surface area contributed by atoms with Crippen LogP contribution in [0.3, 0.4) is 0 Å². The lowest BCUT2D eigenvalue weighted by Gasteiger charge is -2.32. The highest BCUT2D eigenvalue weighted by atomic mass is 32.2. The zero-order chi connectivity index (χ0) is 24.9. The molecule has 2 N–H and O–H groups in total. The van der Waals surface area contributed by atoms with Gasteiger partial charge in [0.05, 0.1) is 27.9 Å². The van der Waals surface area contributed by atoms with Crippen molar-refractivity contribution in [1.82, 2.24) is 4.98 Å². The first-order valence-corrected chi connectivity index (χ1v) is 12.4. The van der Waals surface area contributed by atoms with Gasteiger partial charge in [-0.3, -0.25) is 10.1 Å². The maximum Gasteiger partial charge on any atom is 0.508 e. The number of anilines is 3. The molecule has 13 heteroatoms. The number of rotatable bonds is 8. The molecule has 2 aromatic rings. The van der Waals surface area contributed by atoms with Crippen LogP contribution in [0.2, 0.25) is 0 Å². The number of nitrogens with one attached hydrogen (secondary N) is 1. The molecule has 0 atom stereocenters. The summed E-state index contributed by atoms with van der Waals surface area (Å²) in [5.74, 6) is -0.00517. The quantitative estimate of drug-likeness (QED) is 0.239. The van der Waals surface area contributed by atoms with E-state index < -0.39 is 20.9 Å². The third kappa shape index (κ3) is 5.84. The second kappa shape index (κ2) is 10.5. The van der Waals surface area contributed by atoms with E-state index in [0.29, 0.717) is 25.9 Å². The largest absolute Gasteiger partial charge is 0.508 e. The number of pyridine rings is 1. The number of carbonyl (C=O) groups excluding carboxylic acids is 1. The molecule has 1 aromatic carbocycles. The fourth-order valence-corrected chi connectivity index (χ4v) is 4.38. The highest BCUT2D eigenvalue weighted by Crippen LogP contribution is 2.34. The molecule has 0 amide bonds. The molecule has 0 saturated carbocycles. The van der Waals surface area contributed by atoms with E-state index in [2.05, 4.69) is 10.3 Å². The van der Waals surface area contributed by atoms with Crippen molar-refractivity contribution < 1.29 is 32.7 Å². The van der Waals surface area contributed by atoms with Gasteiger partial charge in [0.15, 0.2) is 9.84 Å². The Morgan fingerprint density at radius 3 is 2.59 bits per heavy atom. The van der Waals surface area contributed by atoms with Crippen LogP contribution < -0.4 is 10.2 Å². The molecule has 0 radical (unpaired) electrons. The first-order valence-electron chi connectivity index (χ1n) is 10.7. The number of sulfone groups is 1. The molecule has 184 valence electrons. The summed E-state index contributed by atoms with van der Waals surface area (Å²) < 4.78 is 34.4. The van der Waals surface area contributed by atoms with E-state index in [9.17, 15) is 28.4 Å². The Labute approximate surface area is 196 Å². The van der Waals surface area contributed by atoms with Gasteiger partial charge in [-0.15, -0.1) is 0 Å². The van der Waals surface area contributed by atoms with Crippen molar-refractivity contribution in [3.05, 3.63) is 40.4 Å². The highest BCUT2D eigenvalue weighted by Gasteiger charge is 2.28. The highest BCUT2D eigenvalue weighted by molar-refractivity contribution is 7.91. The number of ether oxygens (including phenoxy) is 2. The summed E-state index contributed by atoms with van der Waals surface area (Å²) in [6, 6.07) is 6.51. The molecule has 0 aliphatic carbocycles. The normalized spacial score (nSPS) is 14.5. The van der Waals surface area contributed by atoms with Crippen LogP contribution in [0, 0.1) is 10.1 Å². The zero-order valence-electron chi connectivity index (χ0n) is 18.8. The molecule has 1 fully saturated rings. The van der Waals surface area contributed by atoms with Crippen LogP contribution in [-0.2, 0) is 19.3 Å². The zero-order valence-corrected chi connectivity index (χ0v) is 19.6. The fourth-order valence-electron chi connectivity index (χ4n) is 3.47. The summed E-state index contributed by atoms with van der Waals surface area (Å²) in [4.78, 5) is 28.7. The molecular weight excluding hydrogens is 468 g/mol. The van der Waals surface area contributed by atoms with Crippen LogP contribution >= 0.6 is 0 Å². The number of piperidine rings is 1. The molecule has 3 rings (SSSR count). The summed E-state index contributed by atoms with van der Waals surface area (Å²) in [5, 5.41) is 24.6. The molecule has 12 nitrogen and oxygen atoms in total. The monoisotopic (exact) mass is 494 g/mol. The number of hydrogen-bond acceptors (Lipinski definition) is 11. The SMILES string of the molecule is CCOC(=O)OC1CCN(c2nc(Nc3cc(S(=O)(=O)CC)ccc3O)ccc2[N+](=O)[O-])CC1. The van der Waals surface area contributed by atoms with Gasteiger partial charge in [0, 0.05) is 32.0 Å². The molecule has 34 heavy (non-hydrogen) atoms. The van der Waals surface area contributed by atoms with Crippen LogP contribution in [0.4, 0.5) is 27.8 Å². The minimum atomic E-state index is -3.50. The maximum absolute atomic E-state index is 12.2. The summed E-state index contributed by atoms with van der Waals surface area (Å²) in [5.41, 5.74) is -0.106. The lowest BCUT2D eigenvalue weighted by molar-refractivity contribution is -0.384. The molecule has 0 spiro atoms. The molecule has 0 bridgehead atoms. The average Bonchev–Trinajstić information content (AvgIpc) is 2.81. The summed E-state index contributed by atoms with van der Waals surface area (Å²) in [7, 11) is -3.50. The van der Waals surface area contributed by atoms with Gasteiger partial charge in [0.1, 0.15) is 17.7 Å². The molecule has 2 heterocycles. The number of aromatic hydroxyl groups is 1. The lowest BCUT2D eigenvalue weighted by atomic mass is 10.1. The van der Waals surface area contributed by atoms with E-state index in [4.69, 9.17) is 9.47 Å². The van der Waals surface area contributed by atoms with Crippen molar-refractivity contribution in [3.63, 3.8) is 0 Å². The number of benzene rings is 1. The predicted octanol–water partition coefficient (Wildman–Crippen LogP) is 3.37. The molecular formula is C21H26N4O8S. The Morgan fingerprint density at radius 2 is 1.97 bits per heavy atom. The van der Waals surface area contributed by atoms with Crippen LogP contribution in [0.1, 0.15) is 26.7 Å². The van der Waals surface area contributed by atoms with Crippen LogP contribution in [0.5, 0.6) is 5.75 Å². The van der Waals surface area contributed by atoms with E-state index in [1.165, 1.54) is 37.3 Å². The number of nitrogens with zero attached hydrogens (tertiary/aromatic N) is 3. The topological polar surface area (TPSA) is 161 Å². The number of hydrogen-bond donors (Lipinski definition) is 2. The standard InChI is InChI=1S/C21H26N4O8S/c1-3-32-21(27)33-14-9-11-24(12-10-14)20-17(25(28)29)6-8-19(23-20)22-16-13-15(5-7-18(16)26)34(30,31)4-2/h5-8,13-14,26H,3-4,9-12H2,1-2H3,(H,22,23). The maximum atomic E-state index is 12.2. The molecule has 1 saturated heterocycles.